The van der Waals surface area contributed by atoms with E-state index in [1.54, 1.807) is 11.3 Å². The van der Waals surface area contributed by atoms with Crippen LogP contribution in [0.4, 0.5) is 0 Å². The summed E-state index contributed by atoms with van der Waals surface area (Å²) in [6.45, 7) is 10.6. The van der Waals surface area contributed by atoms with Crippen LogP contribution in [-0.2, 0) is 11.2 Å². The molecule has 0 bridgehead atoms. The summed E-state index contributed by atoms with van der Waals surface area (Å²) in [5.41, 5.74) is 3.82. The molecule has 108 valence electrons. The van der Waals surface area contributed by atoms with Crippen LogP contribution in [0.5, 0.6) is 0 Å². The number of hydrogen-bond acceptors (Lipinski definition) is 5. The van der Waals surface area contributed by atoms with Gasteiger partial charge in [-0.05, 0) is 41.0 Å². The molecule has 1 fully saturated rings. The van der Waals surface area contributed by atoms with Gasteiger partial charge in [0.2, 0.25) is 0 Å². The lowest BCUT2D eigenvalue weighted by Gasteiger charge is -2.32. The van der Waals surface area contributed by atoms with Crippen LogP contribution in [0.1, 0.15) is 44.8 Å². The van der Waals surface area contributed by atoms with E-state index in [-0.39, 0.29) is 17.2 Å². The first-order valence-corrected chi connectivity index (χ1v) is 7.69. The first-order chi connectivity index (χ1) is 8.73. The third-order valence-corrected chi connectivity index (χ3v) is 4.89. The molecule has 2 rings (SSSR count). The summed E-state index contributed by atoms with van der Waals surface area (Å²) in [4.78, 5) is 4.54. The van der Waals surface area contributed by atoms with Crippen molar-refractivity contribution in [2.75, 3.05) is 0 Å². The van der Waals surface area contributed by atoms with E-state index in [1.165, 1.54) is 0 Å². The zero-order valence-corrected chi connectivity index (χ0v) is 13.3. The van der Waals surface area contributed by atoms with Crippen LogP contribution in [0.15, 0.2) is 5.38 Å². The number of thiazole rings is 1. The Balaban J connectivity index is 2.13. The van der Waals surface area contributed by atoms with Crippen molar-refractivity contribution in [2.45, 2.75) is 64.7 Å². The summed E-state index contributed by atoms with van der Waals surface area (Å²) in [6, 6.07) is 0.197. The molecule has 0 aliphatic carbocycles. The summed E-state index contributed by atoms with van der Waals surface area (Å²) in [7, 11) is 0. The fraction of sp³-hybridized carbons (Fsp3) is 0.786. The standard InChI is InChI=1S/C14H25N3OS/c1-9-8-19-12(16-9)6-11(17-15)10-7-13(2,3)18-14(10,4)5/h8,10-11,17H,6-7,15H2,1-5H3. The molecule has 2 heterocycles. The Morgan fingerprint density at radius 3 is 2.63 bits per heavy atom. The van der Waals surface area contributed by atoms with E-state index in [9.17, 15) is 0 Å². The zero-order chi connectivity index (χ0) is 14.3. The molecule has 0 aromatic carbocycles. The van der Waals surface area contributed by atoms with Crippen molar-refractivity contribution in [1.29, 1.82) is 0 Å². The molecule has 1 aliphatic rings. The van der Waals surface area contributed by atoms with Crippen molar-refractivity contribution < 1.29 is 4.74 Å². The Morgan fingerprint density at radius 1 is 1.53 bits per heavy atom. The van der Waals surface area contributed by atoms with E-state index < -0.39 is 0 Å². The molecule has 0 spiro atoms. The molecule has 3 N–H and O–H groups in total. The second-order valence-electron chi connectivity index (χ2n) is 6.64. The average Bonchev–Trinajstić information content (AvgIpc) is 2.76. The fourth-order valence-corrected chi connectivity index (χ4v) is 4.07. The van der Waals surface area contributed by atoms with Crippen LogP contribution in [-0.4, -0.2) is 22.2 Å². The summed E-state index contributed by atoms with van der Waals surface area (Å²) in [6.07, 6.45) is 1.88. The van der Waals surface area contributed by atoms with E-state index in [0.29, 0.717) is 5.92 Å². The lowest BCUT2D eigenvalue weighted by Crippen LogP contribution is -2.48. The molecule has 1 aliphatic heterocycles. The largest absolute Gasteiger partial charge is 0.369 e. The Kier molecular flexibility index (Phi) is 4.02. The van der Waals surface area contributed by atoms with Gasteiger partial charge in [-0.2, -0.15) is 0 Å². The van der Waals surface area contributed by atoms with E-state index in [4.69, 9.17) is 10.6 Å². The molecule has 2 atom stereocenters. The van der Waals surface area contributed by atoms with Crippen LogP contribution >= 0.6 is 11.3 Å². The Labute approximate surface area is 119 Å². The minimum atomic E-state index is -0.160. The van der Waals surface area contributed by atoms with E-state index in [2.05, 4.69) is 43.5 Å². The van der Waals surface area contributed by atoms with Gasteiger partial charge in [0.25, 0.3) is 0 Å². The van der Waals surface area contributed by atoms with Crippen LogP contribution < -0.4 is 11.3 Å². The van der Waals surface area contributed by atoms with Crippen molar-refractivity contribution in [3.05, 3.63) is 16.1 Å². The molecular formula is C14H25N3OS. The van der Waals surface area contributed by atoms with E-state index >= 15 is 0 Å². The predicted molar refractivity (Wildman–Crippen MR) is 79.0 cm³/mol. The second kappa shape index (κ2) is 5.13. The Morgan fingerprint density at radius 2 is 2.21 bits per heavy atom. The van der Waals surface area contributed by atoms with Crippen molar-refractivity contribution in [3.63, 3.8) is 0 Å². The molecular weight excluding hydrogens is 258 g/mol. The predicted octanol–water partition coefficient (Wildman–Crippen LogP) is 2.42. The number of aromatic nitrogens is 1. The molecule has 0 amide bonds. The highest BCUT2D eigenvalue weighted by atomic mass is 32.1. The lowest BCUT2D eigenvalue weighted by molar-refractivity contribution is -0.0776. The summed E-state index contributed by atoms with van der Waals surface area (Å²) in [5, 5.41) is 3.23. The molecule has 0 saturated carbocycles. The van der Waals surface area contributed by atoms with Gasteiger partial charge in [-0.15, -0.1) is 11.3 Å². The number of hydrazine groups is 1. The monoisotopic (exact) mass is 283 g/mol. The van der Waals surface area contributed by atoms with Crippen molar-refractivity contribution in [1.82, 2.24) is 10.4 Å². The summed E-state index contributed by atoms with van der Waals surface area (Å²) >= 11 is 1.70. The van der Waals surface area contributed by atoms with Crippen LogP contribution in [0.25, 0.3) is 0 Å². The number of nitrogens with zero attached hydrogens (tertiary/aromatic N) is 1. The topological polar surface area (TPSA) is 60.2 Å². The zero-order valence-electron chi connectivity index (χ0n) is 12.5. The number of rotatable bonds is 4. The maximum absolute atomic E-state index is 6.16. The molecule has 1 saturated heterocycles. The first-order valence-electron chi connectivity index (χ1n) is 6.81. The van der Waals surface area contributed by atoms with E-state index in [1.807, 2.05) is 6.92 Å². The van der Waals surface area contributed by atoms with Gasteiger partial charge in [-0.1, -0.05) is 0 Å². The molecule has 5 heteroatoms. The summed E-state index contributed by atoms with van der Waals surface area (Å²) in [5.74, 6) is 6.17. The number of nitrogens with two attached hydrogens (primary N) is 1. The molecule has 2 unspecified atom stereocenters. The Hall–Kier alpha value is -0.490. The van der Waals surface area contributed by atoms with Crippen LogP contribution in [0, 0.1) is 12.8 Å². The Bertz CT molecular complexity index is 442. The van der Waals surface area contributed by atoms with Gasteiger partial charge in [0.15, 0.2) is 0 Å². The van der Waals surface area contributed by atoms with Gasteiger partial charge in [-0.3, -0.25) is 11.3 Å². The number of nitrogens with one attached hydrogen (secondary N) is 1. The van der Waals surface area contributed by atoms with Crippen molar-refractivity contribution >= 4 is 11.3 Å². The van der Waals surface area contributed by atoms with Crippen LogP contribution in [0.3, 0.4) is 0 Å². The normalized spacial score (nSPS) is 26.5. The minimum absolute atomic E-state index is 0.0813. The highest BCUT2D eigenvalue weighted by molar-refractivity contribution is 7.09. The van der Waals surface area contributed by atoms with E-state index in [0.717, 1.165) is 23.5 Å². The van der Waals surface area contributed by atoms with Gasteiger partial charge in [0, 0.05) is 29.5 Å². The average molecular weight is 283 g/mol. The molecule has 1 aromatic heterocycles. The molecule has 19 heavy (non-hydrogen) atoms. The number of hydrogen-bond donors (Lipinski definition) is 2. The van der Waals surface area contributed by atoms with Gasteiger partial charge >= 0.3 is 0 Å². The third kappa shape index (κ3) is 3.34. The minimum Gasteiger partial charge on any atom is -0.369 e. The maximum Gasteiger partial charge on any atom is 0.0944 e. The van der Waals surface area contributed by atoms with Crippen molar-refractivity contribution in [2.24, 2.45) is 11.8 Å². The lowest BCUT2D eigenvalue weighted by atomic mass is 9.81. The number of ether oxygens (including phenoxy) is 1. The third-order valence-electron chi connectivity index (χ3n) is 3.90. The van der Waals surface area contributed by atoms with Crippen molar-refractivity contribution in [3.8, 4) is 0 Å². The van der Waals surface area contributed by atoms with Gasteiger partial charge in [0.1, 0.15) is 0 Å². The first kappa shape index (κ1) is 14.9. The van der Waals surface area contributed by atoms with Gasteiger partial charge < -0.3 is 4.74 Å². The van der Waals surface area contributed by atoms with Gasteiger partial charge in [-0.25, -0.2) is 4.98 Å². The maximum atomic E-state index is 6.16. The quantitative estimate of drug-likeness (QED) is 0.658. The fourth-order valence-electron chi connectivity index (χ4n) is 3.23. The molecule has 1 aromatic rings. The molecule has 4 nitrogen and oxygen atoms in total. The highest BCUT2D eigenvalue weighted by Gasteiger charge is 2.48. The summed E-state index contributed by atoms with van der Waals surface area (Å²) < 4.78 is 6.16. The van der Waals surface area contributed by atoms with Crippen LogP contribution in [0.2, 0.25) is 0 Å². The highest BCUT2D eigenvalue weighted by Crippen LogP contribution is 2.44. The van der Waals surface area contributed by atoms with Gasteiger partial charge in [0.05, 0.1) is 16.2 Å². The number of aryl methyl sites for hydroxylation is 1. The smallest absolute Gasteiger partial charge is 0.0944 e. The molecule has 0 radical (unpaired) electrons. The SMILES string of the molecule is Cc1csc(CC(NN)C2CC(C)(C)OC2(C)C)n1. The second-order valence-corrected chi connectivity index (χ2v) is 7.58.